The molecule has 6 nitrogen and oxygen atoms in total. The number of nitrogens with zero attached hydrogens (tertiary/aromatic N) is 4. The predicted molar refractivity (Wildman–Crippen MR) is 146 cm³/mol. The highest BCUT2D eigenvalue weighted by molar-refractivity contribution is 9.10. The molecule has 0 radical (unpaired) electrons. The normalized spacial score (nSPS) is 13.6. The van der Waals surface area contributed by atoms with E-state index in [1.165, 1.54) is 12.1 Å². The van der Waals surface area contributed by atoms with Crippen LogP contribution < -0.4 is 5.32 Å². The summed E-state index contributed by atoms with van der Waals surface area (Å²) in [5.74, 6) is -0.364. The highest BCUT2D eigenvalue weighted by Gasteiger charge is 2.26. The molecule has 1 aliphatic rings. The van der Waals surface area contributed by atoms with Gasteiger partial charge in [0.25, 0.3) is 0 Å². The zero-order chi connectivity index (χ0) is 25.9. The van der Waals surface area contributed by atoms with Crippen molar-refractivity contribution in [3.05, 3.63) is 104 Å². The standard InChI is InChI=1S/C28H22BrClFN5O/c29-27-13-19(7-9-33-27)16-34-28(37)36-25-6-3-18(15-32)12-22(25)23-17-35(11-8-26(23)36)10-1-2-20-4-5-21(31)14-24(20)30/h1-7,9,12-14H,8,10-11,16-17H2,(H,34,37)/b2-1+. The maximum absolute atomic E-state index is 13.4. The quantitative estimate of drug-likeness (QED) is 0.282. The number of rotatable bonds is 5. The zero-order valence-corrected chi connectivity index (χ0v) is 22.1. The molecule has 2 aromatic heterocycles. The summed E-state index contributed by atoms with van der Waals surface area (Å²) in [6, 6.07) is 15.5. The molecule has 4 aromatic rings. The van der Waals surface area contributed by atoms with Crippen molar-refractivity contribution >= 4 is 50.5 Å². The molecular formula is C28H22BrClFN5O. The van der Waals surface area contributed by atoms with E-state index in [1.807, 2.05) is 36.4 Å². The number of hydrogen-bond acceptors (Lipinski definition) is 4. The number of hydrogen-bond donors (Lipinski definition) is 1. The number of fused-ring (bicyclic) bond motifs is 3. The maximum atomic E-state index is 13.4. The Hall–Kier alpha value is -3.51. The van der Waals surface area contributed by atoms with E-state index < -0.39 is 0 Å². The lowest BCUT2D eigenvalue weighted by Gasteiger charge is -2.27. The molecule has 5 rings (SSSR count). The lowest BCUT2D eigenvalue weighted by atomic mass is 10.0. The Morgan fingerprint density at radius 3 is 2.89 bits per heavy atom. The summed E-state index contributed by atoms with van der Waals surface area (Å²) in [5.41, 5.74) is 5.04. The van der Waals surface area contributed by atoms with E-state index in [-0.39, 0.29) is 11.8 Å². The van der Waals surface area contributed by atoms with Crippen molar-refractivity contribution in [2.45, 2.75) is 19.5 Å². The lowest BCUT2D eigenvalue weighted by molar-refractivity contribution is 0.240. The summed E-state index contributed by atoms with van der Waals surface area (Å²) >= 11 is 9.50. The molecular weight excluding hydrogens is 557 g/mol. The van der Waals surface area contributed by atoms with Crippen LogP contribution in [0.25, 0.3) is 17.0 Å². The van der Waals surface area contributed by atoms with Crippen LogP contribution >= 0.6 is 27.5 Å². The van der Waals surface area contributed by atoms with Crippen LogP contribution in [0, 0.1) is 17.1 Å². The Morgan fingerprint density at radius 1 is 1.24 bits per heavy atom. The van der Waals surface area contributed by atoms with Crippen LogP contribution in [0.15, 0.2) is 65.4 Å². The van der Waals surface area contributed by atoms with E-state index in [9.17, 15) is 14.4 Å². The molecule has 0 saturated carbocycles. The number of halogens is 3. The minimum atomic E-state index is -0.364. The summed E-state index contributed by atoms with van der Waals surface area (Å²) < 4.78 is 15.8. The number of nitriles is 1. The van der Waals surface area contributed by atoms with E-state index in [1.54, 1.807) is 22.9 Å². The van der Waals surface area contributed by atoms with Gasteiger partial charge in [0, 0.05) is 49.9 Å². The second-order valence-electron chi connectivity index (χ2n) is 8.80. The van der Waals surface area contributed by atoms with Gasteiger partial charge in [0.05, 0.1) is 22.2 Å². The van der Waals surface area contributed by atoms with Crippen LogP contribution in [0.5, 0.6) is 0 Å². The van der Waals surface area contributed by atoms with Crippen molar-refractivity contribution in [2.24, 2.45) is 0 Å². The molecule has 0 unspecified atom stereocenters. The van der Waals surface area contributed by atoms with Crippen molar-refractivity contribution in [1.29, 1.82) is 5.26 Å². The summed E-state index contributed by atoms with van der Waals surface area (Å²) in [7, 11) is 0. The Labute approximate surface area is 227 Å². The topological polar surface area (TPSA) is 74.0 Å². The molecule has 2 aromatic carbocycles. The predicted octanol–water partition coefficient (Wildman–Crippen LogP) is 6.29. The minimum absolute atomic E-state index is 0.205. The largest absolute Gasteiger partial charge is 0.333 e. The molecule has 1 aliphatic heterocycles. The number of aromatic nitrogens is 2. The average Bonchev–Trinajstić information content (AvgIpc) is 3.21. The molecule has 0 saturated heterocycles. The minimum Gasteiger partial charge on any atom is -0.333 e. The van der Waals surface area contributed by atoms with Gasteiger partial charge in [-0.3, -0.25) is 9.47 Å². The Kier molecular flexibility index (Phi) is 7.38. The van der Waals surface area contributed by atoms with Gasteiger partial charge in [-0.25, -0.2) is 14.2 Å². The smallest absolute Gasteiger partial charge is 0.326 e. The second kappa shape index (κ2) is 10.9. The Morgan fingerprint density at radius 2 is 2.11 bits per heavy atom. The van der Waals surface area contributed by atoms with E-state index in [0.29, 0.717) is 41.2 Å². The molecule has 0 atom stereocenters. The molecule has 0 spiro atoms. The molecule has 9 heteroatoms. The average molecular weight is 579 g/mol. The fourth-order valence-corrected chi connectivity index (χ4v) is 5.29. The monoisotopic (exact) mass is 577 g/mol. The van der Waals surface area contributed by atoms with Crippen molar-refractivity contribution in [2.75, 3.05) is 13.1 Å². The Balaban J connectivity index is 1.39. The third-order valence-corrected chi connectivity index (χ3v) is 7.18. The maximum Gasteiger partial charge on any atom is 0.326 e. The number of amides is 1. The summed E-state index contributed by atoms with van der Waals surface area (Å²) in [4.78, 5) is 19.8. The molecule has 0 fully saturated rings. The molecule has 37 heavy (non-hydrogen) atoms. The first kappa shape index (κ1) is 25.2. The van der Waals surface area contributed by atoms with E-state index in [0.717, 1.165) is 39.8 Å². The van der Waals surface area contributed by atoms with Gasteiger partial charge in [0.15, 0.2) is 0 Å². The van der Waals surface area contributed by atoms with E-state index >= 15 is 0 Å². The molecule has 0 bridgehead atoms. The van der Waals surface area contributed by atoms with Crippen LogP contribution in [0.4, 0.5) is 9.18 Å². The highest BCUT2D eigenvalue weighted by Crippen LogP contribution is 2.32. The zero-order valence-electron chi connectivity index (χ0n) is 19.7. The summed E-state index contributed by atoms with van der Waals surface area (Å²) in [5, 5.41) is 13.8. The van der Waals surface area contributed by atoms with Gasteiger partial charge in [0.1, 0.15) is 10.4 Å². The van der Waals surface area contributed by atoms with Gasteiger partial charge in [-0.05, 0) is 75.1 Å². The first-order valence-corrected chi connectivity index (χ1v) is 12.9. The molecule has 1 amide bonds. The van der Waals surface area contributed by atoms with Gasteiger partial charge >= 0.3 is 6.03 Å². The van der Waals surface area contributed by atoms with Crippen LogP contribution in [0.1, 0.15) is 27.9 Å². The van der Waals surface area contributed by atoms with Gasteiger partial charge in [-0.15, -0.1) is 0 Å². The molecule has 1 N–H and O–H groups in total. The number of pyridine rings is 1. The second-order valence-corrected chi connectivity index (χ2v) is 10.0. The van der Waals surface area contributed by atoms with Gasteiger partial charge in [0.2, 0.25) is 0 Å². The van der Waals surface area contributed by atoms with E-state index in [2.05, 4.69) is 37.2 Å². The van der Waals surface area contributed by atoms with Crippen LogP contribution in [0.2, 0.25) is 5.02 Å². The first-order valence-electron chi connectivity index (χ1n) is 11.7. The highest BCUT2D eigenvalue weighted by atomic mass is 79.9. The number of benzene rings is 2. The summed E-state index contributed by atoms with van der Waals surface area (Å²) in [6.07, 6.45) is 6.27. The molecule has 3 heterocycles. The third kappa shape index (κ3) is 5.44. The van der Waals surface area contributed by atoms with Crippen LogP contribution in [-0.2, 0) is 19.5 Å². The fraction of sp³-hybridized carbons (Fsp3) is 0.179. The van der Waals surface area contributed by atoms with Crippen LogP contribution in [-0.4, -0.2) is 33.6 Å². The molecule has 186 valence electrons. The Bertz CT molecular complexity index is 1580. The van der Waals surface area contributed by atoms with Gasteiger partial charge in [-0.2, -0.15) is 5.26 Å². The first-order chi connectivity index (χ1) is 17.9. The van der Waals surface area contributed by atoms with Crippen molar-refractivity contribution in [3.63, 3.8) is 0 Å². The SMILES string of the molecule is N#Cc1ccc2c(c1)c1c(n2C(=O)NCc2ccnc(Br)c2)CCN(C/C=C/c2ccc(F)cc2Cl)C1. The lowest BCUT2D eigenvalue weighted by Crippen LogP contribution is -2.34. The van der Waals surface area contributed by atoms with Crippen molar-refractivity contribution < 1.29 is 9.18 Å². The summed E-state index contributed by atoms with van der Waals surface area (Å²) in [6.45, 7) is 2.44. The number of carbonyl (C=O) groups is 1. The van der Waals surface area contributed by atoms with Gasteiger partial charge in [-0.1, -0.05) is 29.8 Å². The van der Waals surface area contributed by atoms with Crippen LogP contribution in [0.3, 0.4) is 0 Å². The van der Waals surface area contributed by atoms with Crippen molar-refractivity contribution in [3.8, 4) is 6.07 Å². The third-order valence-electron chi connectivity index (χ3n) is 6.42. The van der Waals surface area contributed by atoms with Gasteiger partial charge < -0.3 is 5.32 Å². The molecule has 0 aliphatic carbocycles. The van der Waals surface area contributed by atoms with Crippen molar-refractivity contribution in [1.82, 2.24) is 19.8 Å². The fourth-order valence-electron chi connectivity index (χ4n) is 4.65. The number of nitrogens with one attached hydrogen (secondary N) is 1. The van der Waals surface area contributed by atoms with E-state index in [4.69, 9.17) is 11.6 Å². The number of carbonyl (C=O) groups excluding carboxylic acids is 1.